The molecule has 4 bridgehead atoms. The fourth-order valence-electron chi connectivity index (χ4n) is 7.23. The van der Waals surface area contributed by atoms with Crippen LogP contribution in [0.4, 0.5) is 0 Å². The minimum atomic E-state index is -0.374. The van der Waals surface area contributed by atoms with Crippen LogP contribution in [0.3, 0.4) is 0 Å². The summed E-state index contributed by atoms with van der Waals surface area (Å²) in [5.41, 5.74) is 0. The molecule has 146 valence electrons. The van der Waals surface area contributed by atoms with E-state index in [4.69, 9.17) is 9.47 Å². The van der Waals surface area contributed by atoms with Gasteiger partial charge in [0.2, 0.25) is 5.91 Å². The van der Waals surface area contributed by atoms with Crippen molar-refractivity contribution in [3.05, 3.63) is 0 Å². The van der Waals surface area contributed by atoms with E-state index in [-0.39, 0.29) is 30.9 Å². The molecule has 0 aromatic rings. The Labute approximate surface area is 156 Å². The highest BCUT2D eigenvalue weighted by Gasteiger charge is 2.66. The topological polar surface area (TPSA) is 64.6 Å². The average Bonchev–Trinajstić information content (AvgIpc) is 3.36. The van der Waals surface area contributed by atoms with E-state index >= 15 is 0 Å². The molecule has 0 spiro atoms. The lowest BCUT2D eigenvalue weighted by Crippen LogP contribution is -2.44. The predicted molar refractivity (Wildman–Crippen MR) is 97.1 cm³/mol. The number of fused-ring (bicyclic) bond motifs is 9. The highest BCUT2D eigenvalue weighted by molar-refractivity contribution is 5.84. The van der Waals surface area contributed by atoms with Crippen LogP contribution in [0.5, 0.6) is 0 Å². The maximum atomic E-state index is 12.7. The third-order valence-corrected chi connectivity index (χ3v) is 8.28. The molecule has 1 amide bonds. The molecular weight excluding hydrogens is 330 g/mol. The van der Waals surface area contributed by atoms with Crippen LogP contribution in [0.15, 0.2) is 0 Å². The predicted octanol–water partition coefficient (Wildman–Crippen LogP) is 2.49. The van der Waals surface area contributed by atoms with Crippen molar-refractivity contribution in [2.45, 2.75) is 40.0 Å². The molecule has 0 heterocycles. The number of amides is 1. The Hall–Kier alpha value is -1.10. The van der Waals surface area contributed by atoms with Crippen molar-refractivity contribution in [2.24, 2.45) is 53.3 Å². The van der Waals surface area contributed by atoms with Crippen molar-refractivity contribution in [3.8, 4) is 0 Å². The van der Waals surface area contributed by atoms with Gasteiger partial charge in [0.15, 0.2) is 0 Å². The fraction of sp³-hybridized carbons (Fsp3) is 0.905. The van der Waals surface area contributed by atoms with Crippen LogP contribution < -0.4 is 5.32 Å². The van der Waals surface area contributed by atoms with E-state index in [9.17, 15) is 9.59 Å². The lowest BCUT2D eigenvalue weighted by Gasteiger charge is -2.43. The van der Waals surface area contributed by atoms with Crippen LogP contribution in [0.1, 0.15) is 40.0 Å². The van der Waals surface area contributed by atoms with Gasteiger partial charge in [-0.25, -0.2) is 0 Å². The Morgan fingerprint density at radius 2 is 1.69 bits per heavy atom. The van der Waals surface area contributed by atoms with Gasteiger partial charge in [0, 0.05) is 12.5 Å². The number of carbonyl (C=O) groups is 2. The van der Waals surface area contributed by atoms with Gasteiger partial charge in [-0.2, -0.15) is 0 Å². The highest BCUT2D eigenvalue weighted by Crippen LogP contribution is 2.71. The van der Waals surface area contributed by atoms with Crippen LogP contribution in [-0.4, -0.2) is 38.2 Å². The molecule has 0 radical (unpaired) electrons. The summed E-state index contributed by atoms with van der Waals surface area (Å²) in [5.74, 6) is 6.13. The first kappa shape index (κ1) is 18.3. The second-order valence-electron chi connectivity index (χ2n) is 9.07. The third-order valence-electron chi connectivity index (χ3n) is 8.28. The van der Waals surface area contributed by atoms with Crippen LogP contribution in [0.25, 0.3) is 0 Å². The molecule has 4 saturated carbocycles. The molecule has 0 aliphatic heterocycles. The first-order chi connectivity index (χ1) is 12.5. The average molecular weight is 363 g/mol. The third kappa shape index (κ3) is 2.87. The summed E-state index contributed by atoms with van der Waals surface area (Å²) in [6, 6.07) is 0. The van der Waals surface area contributed by atoms with Crippen LogP contribution >= 0.6 is 0 Å². The highest BCUT2D eigenvalue weighted by atomic mass is 16.6. The number of carbonyl (C=O) groups excluding carboxylic acids is 2. The number of rotatable bonds is 7. The van der Waals surface area contributed by atoms with Crippen LogP contribution in [0.2, 0.25) is 0 Å². The number of hydrogen-bond donors (Lipinski definition) is 1. The second-order valence-corrected chi connectivity index (χ2v) is 9.07. The molecule has 0 saturated heterocycles. The summed E-state index contributed by atoms with van der Waals surface area (Å²) in [7, 11) is 0. The maximum Gasteiger partial charge on any atom is 0.325 e. The molecule has 0 aromatic heterocycles. The SMILES string of the molecule is CCOCCOC(=O)CNC(=O)C1CC2CC1C1C3CC(C(C)C3C)C21. The fourth-order valence-corrected chi connectivity index (χ4v) is 7.23. The number of nitrogens with one attached hydrogen (secondary N) is 1. The first-order valence-corrected chi connectivity index (χ1v) is 10.5. The van der Waals surface area contributed by atoms with Gasteiger partial charge in [-0.1, -0.05) is 13.8 Å². The normalized spacial score (nSPS) is 45.0. The maximum absolute atomic E-state index is 12.7. The molecule has 4 aliphatic carbocycles. The van der Waals surface area contributed by atoms with Gasteiger partial charge in [-0.15, -0.1) is 0 Å². The summed E-state index contributed by atoms with van der Waals surface area (Å²) >= 11 is 0. The van der Waals surface area contributed by atoms with Gasteiger partial charge in [-0.3, -0.25) is 9.59 Å². The zero-order chi connectivity index (χ0) is 18.4. The Morgan fingerprint density at radius 3 is 2.42 bits per heavy atom. The lowest BCUT2D eigenvalue weighted by molar-refractivity contribution is -0.146. The van der Waals surface area contributed by atoms with E-state index in [1.807, 2.05) is 6.92 Å². The molecule has 5 nitrogen and oxygen atoms in total. The van der Waals surface area contributed by atoms with Crippen LogP contribution in [-0.2, 0) is 19.1 Å². The lowest BCUT2D eigenvalue weighted by atomic mass is 9.62. The Balaban J connectivity index is 1.28. The van der Waals surface area contributed by atoms with E-state index in [0.717, 1.165) is 47.8 Å². The molecule has 9 unspecified atom stereocenters. The van der Waals surface area contributed by atoms with Crippen molar-refractivity contribution in [3.63, 3.8) is 0 Å². The van der Waals surface area contributed by atoms with Gasteiger partial charge >= 0.3 is 5.97 Å². The van der Waals surface area contributed by atoms with Crippen molar-refractivity contribution < 1.29 is 19.1 Å². The van der Waals surface area contributed by atoms with Crippen LogP contribution in [0, 0.1) is 53.3 Å². The summed E-state index contributed by atoms with van der Waals surface area (Å²) in [6.07, 6.45) is 3.66. The zero-order valence-corrected chi connectivity index (χ0v) is 16.3. The molecule has 5 heteroatoms. The van der Waals surface area contributed by atoms with Gasteiger partial charge in [0.1, 0.15) is 13.2 Å². The Morgan fingerprint density at radius 1 is 0.962 bits per heavy atom. The molecule has 9 atom stereocenters. The van der Waals surface area contributed by atoms with Crippen molar-refractivity contribution in [2.75, 3.05) is 26.4 Å². The number of hydrogen-bond acceptors (Lipinski definition) is 4. The second kappa shape index (κ2) is 7.14. The summed E-state index contributed by atoms with van der Waals surface area (Å²) in [6.45, 7) is 8.01. The van der Waals surface area contributed by atoms with E-state index in [1.54, 1.807) is 0 Å². The smallest absolute Gasteiger partial charge is 0.325 e. The molecule has 1 N–H and O–H groups in total. The van der Waals surface area contributed by atoms with Crippen molar-refractivity contribution in [1.29, 1.82) is 0 Å². The zero-order valence-electron chi connectivity index (χ0n) is 16.3. The molecule has 4 aliphatic rings. The van der Waals surface area contributed by atoms with E-state index < -0.39 is 0 Å². The number of esters is 1. The van der Waals surface area contributed by atoms with E-state index in [2.05, 4.69) is 19.2 Å². The molecular formula is C21H33NO4. The number of ether oxygens (including phenoxy) is 2. The standard InChI is InChI=1S/C21H33NO4/c1-4-25-5-6-26-18(23)10-22-21(24)17-8-13-7-16(17)20-15-9-14(19(13)20)11(2)12(15)3/h11-17,19-20H,4-10H2,1-3H3,(H,22,24). The molecule has 4 rings (SSSR count). The first-order valence-electron chi connectivity index (χ1n) is 10.5. The van der Waals surface area contributed by atoms with Crippen molar-refractivity contribution >= 4 is 11.9 Å². The van der Waals surface area contributed by atoms with E-state index in [0.29, 0.717) is 19.1 Å². The van der Waals surface area contributed by atoms with Gasteiger partial charge in [-0.05, 0) is 73.5 Å². The summed E-state index contributed by atoms with van der Waals surface area (Å²) in [5, 5.41) is 2.84. The molecule has 4 fully saturated rings. The Bertz CT molecular complexity index is 564. The van der Waals surface area contributed by atoms with Gasteiger partial charge in [0.05, 0.1) is 6.61 Å². The minimum Gasteiger partial charge on any atom is -0.462 e. The van der Waals surface area contributed by atoms with Gasteiger partial charge < -0.3 is 14.8 Å². The summed E-state index contributed by atoms with van der Waals surface area (Å²) in [4.78, 5) is 24.5. The summed E-state index contributed by atoms with van der Waals surface area (Å²) < 4.78 is 10.2. The largest absolute Gasteiger partial charge is 0.462 e. The Kier molecular flexibility index (Phi) is 5.02. The monoisotopic (exact) mass is 363 g/mol. The quantitative estimate of drug-likeness (QED) is 0.429. The molecule has 26 heavy (non-hydrogen) atoms. The van der Waals surface area contributed by atoms with E-state index in [1.165, 1.54) is 12.8 Å². The molecule has 0 aromatic carbocycles. The minimum absolute atomic E-state index is 0.0214. The van der Waals surface area contributed by atoms with Gasteiger partial charge in [0.25, 0.3) is 0 Å². The van der Waals surface area contributed by atoms with Crippen molar-refractivity contribution in [1.82, 2.24) is 5.32 Å².